The van der Waals surface area contributed by atoms with E-state index in [-0.39, 0.29) is 6.09 Å². The second-order valence-electron chi connectivity index (χ2n) is 6.63. The first-order valence-electron chi connectivity index (χ1n) is 8.59. The molecule has 0 aliphatic carbocycles. The lowest BCUT2D eigenvalue weighted by Gasteiger charge is -2.27. The number of carbonyl (C=O) groups is 1. The van der Waals surface area contributed by atoms with E-state index in [1.807, 2.05) is 20.8 Å². The molecule has 0 aromatic carbocycles. The van der Waals surface area contributed by atoms with Crippen molar-refractivity contribution in [1.29, 1.82) is 0 Å². The predicted octanol–water partition coefficient (Wildman–Crippen LogP) is 4.19. The molecule has 21 heavy (non-hydrogen) atoms. The summed E-state index contributed by atoms with van der Waals surface area (Å²) in [5.74, 6) is 0. The normalized spacial score (nSPS) is 11.5. The van der Waals surface area contributed by atoms with Gasteiger partial charge in [-0.25, -0.2) is 4.79 Å². The maximum absolute atomic E-state index is 12.1. The van der Waals surface area contributed by atoms with Crippen LogP contribution in [0.5, 0.6) is 0 Å². The minimum atomic E-state index is -0.421. The van der Waals surface area contributed by atoms with Crippen LogP contribution in [0, 0.1) is 0 Å². The molecule has 4 nitrogen and oxygen atoms in total. The second kappa shape index (κ2) is 11.8. The van der Waals surface area contributed by atoms with E-state index in [9.17, 15) is 4.79 Å². The van der Waals surface area contributed by atoms with E-state index in [1.54, 1.807) is 4.90 Å². The van der Waals surface area contributed by atoms with Gasteiger partial charge in [0.25, 0.3) is 0 Å². The Balaban J connectivity index is 3.81. The summed E-state index contributed by atoms with van der Waals surface area (Å²) in [5, 5.41) is 3.42. The minimum absolute atomic E-state index is 0.200. The van der Waals surface area contributed by atoms with Gasteiger partial charge in [0.05, 0.1) is 0 Å². The summed E-state index contributed by atoms with van der Waals surface area (Å²) in [6.45, 7) is 13.4. The Morgan fingerprint density at radius 3 is 2.19 bits per heavy atom. The summed E-state index contributed by atoms with van der Waals surface area (Å²) in [6, 6.07) is 0. The van der Waals surface area contributed by atoms with Crippen LogP contribution in [0.25, 0.3) is 0 Å². The van der Waals surface area contributed by atoms with Gasteiger partial charge in [-0.1, -0.05) is 39.5 Å². The zero-order valence-corrected chi connectivity index (χ0v) is 14.8. The number of nitrogens with one attached hydrogen (secondary N) is 1. The summed E-state index contributed by atoms with van der Waals surface area (Å²) < 4.78 is 5.43. The SMILES string of the molecule is CCCCCCCNCCN(CCC)C(=O)OC(C)(C)C. The molecule has 0 fully saturated rings. The van der Waals surface area contributed by atoms with Crippen molar-refractivity contribution >= 4 is 6.09 Å². The molecule has 0 aromatic heterocycles. The highest BCUT2D eigenvalue weighted by atomic mass is 16.6. The van der Waals surface area contributed by atoms with Crippen LogP contribution in [0.2, 0.25) is 0 Å². The molecule has 0 aliphatic heterocycles. The van der Waals surface area contributed by atoms with Gasteiger partial charge in [0, 0.05) is 19.6 Å². The van der Waals surface area contributed by atoms with Crippen LogP contribution in [0.3, 0.4) is 0 Å². The number of hydrogen-bond acceptors (Lipinski definition) is 3. The number of ether oxygens (including phenoxy) is 1. The molecule has 0 radical (unpaired) electrons. The Morgan fingerprint density at radius 1 is 0.952 bits per heavy atom. The van der Waals surface area contributed by atoms with Gasteiger partial charge in [-0.3, -0.25) is 0 Å². The van der Waals surface area contributed by atoms with Crippen LogP contribution in [-0.4, -0.2) is 42.8 Å². The fourth-order valence-corrected chi connectivity index (χ4v) is 2.08. The van der Waals surface area contributed by atoms with Gasteiger partial charge in [0.2, 0.25) is 0 Å². The average Bonchev–Trinajstić information content (AvgIpc) is 2.38. The molecule has 0 aliphatic rings. The van der Waals surface area contributed by atoms with Crippen LogP contribution < -0.4 is 5.32 Å². The van der Waals surface area contributed by atoms with E-state index in [0.29, 0.717) is 0 Å². The van der Waals surface area contributed by atoms with Crippen molar-refractivity contribution < 1.29 is 9.53 Å². The van der Waals surface area contributed by atoms with Crippen molar-refractivity contribution in [3.8, 4) is 0 Å². The molecule has 126 valence electrons. The third-order valence-corrected chi connectivity index (χ3v) is 3.16. The van der Waals surface area contributed by atoms with E-state index in [2.05, 4.69) is 19.2 Å². The van der Waals surface area contributed by atoms with Crippen molar-refractivity contribution in [3.63, 3.8) is 0 Å². The van der Waals surface area contributed by atoms with Crippen molar-refractivity contribution in [3.05, 3.63) is 0 Å². The van der Waals surface area contributed by atoms with E-state index in [1.165, 1.54) is 32.1 Å². The summed E-state index contributed by atoms with van der Waals surface area (Å²) >= 11 is 0. The Bertz CT molecular complexity index is 262. The largest absolute Gasteiger partial charge is 0.444 e. The number of amides is 1. The fourth-order valence-electron chi connectivity index (χ4n) is 2.08. The van der Waals surface area contributed by atoms with E-state index >= 15 is 0 Å². The van der Waals surface area contributed by atoms with Crippen molar-refractivity contribution in [1.82, 2.24) is 10.2 Å². The lowest BCUT2D eigenvalue weighted by atomic mass is 10.1. The lowest BCUT2D eigenvalue weighted by Crippen LogP contribution is -2.41. The van der Waals surface area contributed by atoms with Gasteiger partial charge in [0.15, 0.2) is 0 Å². The Morgan fingerprint density at radius 2 is 1.62 bits per heavy atom. The van der Waals surface area contributed by atoms with Crippen LogP contribution >= 0.6 is 0 Å². The molecule has 0 atom stereocenters. The van der Waals surface area contributed by atoms with Crippen molar-refractivity contribution in [2.45, 2.75) is 78.7 Å². The number of carbonyl (C=O) groups excluding carboxylic acids is 1. The average molecular weight is 300 g/mol. The highest BCUT2D eigenvalue weighted by Gasteiger charge is 2.21. The highest BCUT2D eigenvalue weighted by molar-refractivity contribution is 5.68. The number of rotatable bonds is 11. The maximum Gasteiger partial charge on any atom is 0.410 e. The summed E-state index contributed by atoms with van der Waals surface area (Å²) in [6.07, 6.45) is 7.23. The Hall–Kier alpha value is -0.770. The molecule has 0 heterocycles. The lowest BCUT2D eigenvalue weighted by molar-refractivity contribution is 0.0252. The van der Waals surface area contributed by atoms with Gasteiger partial charge in [-0.15, -0.1) is 0 Å². The van der Waals surface area contributed by atoms with Crippen LogP contribution in [0.15, 0.2) is 0 Å². The molecule has 1 amide bonds. The molecule has 0 saturated heterocycles. The smallest absolute Gasteiger partial charge is 0.410 e. The molecule has 0 spiro atoms. The Kier molecular flexibility index (Phi) is 11.4. The number of hydrogen-bond donors (Lipinski definition) is 1. The predicted molar refractivity (Wildman–Crippen MR) is 89.7 cm³/mol. The number of nitrogens with zero attached hydrogens (tertiary/aromatic N) is 1. The summed E-state index contributed by atoms with van der Waals surface area (Å²) in [4.78, 5) is 13.9. The maximum atomic E-state index is 12.1. The zero-order valence-electron chi connectivity index (χ0n) is 14.8. The topological polar surface area (TPSA) is 41.6 Å². The monoisotopic (exact) mass is 300 g/mol. The number of unbranched alkanes of at least 4 members (excludes halogenated alkanes) is 4. The molecule has 0 rings (SSSR count). The highest BCUT2D eigenvalue weighted by Crippen LogP contribution is 2.10. The second-order valence-corrected chi connectivity index (χ2v) is 6.63. The molecule has 0 saturated carbocycles. The fraction of sp³-hybridized carbons (Fsp3) is 0.941. The first kappa shape index (κ1) is 20.2. The standard InChI is InChI=1S/C17H36N2O2/c1-6-8-9-10-11-12-18-13-15-19(14-7-2)16(20)21-17(3,4)5/h18H,6-15H2,1-5H3. The summed E-state index contributed by atoms with van der Waals surface area (Å²) in [5.41, 5.74) is -0.421. The zero-order chi connectivity index (χ0) is 16.1. The van der Waals surface area contributed by atoms with E-state index in [4.69, 9.17) is 4.74 Å². The molecule has 0 bridgehead atoms. The molecule has 0 unspecified atom stereocenters. The quantitative estimate of drug-likeness (QED) is 0.582. The third-order valence-electron chi connectivity index (χ3n) is 3.16. The van der Waals surface area contributed by atoms with Crippen molar-refractivity contribution in [2.24, 2.45) is 0 Å². The van der Waals surface area contributed by atoms with Crippen LogP contribution in [0.1, 0.15) is 73.1 Å². The molecule has 0 aromatic rings. The molecule has 1 N–H and O–H groups in total. The van der Waals surface area contributed by atoms with Gasteiger partial charge in [0.1, 0.15) is 5.60 Å². The first-order chi connectivity index (χ1) is 9.90. The Labute approximate surface area is 131 Å². The van der Waals surface area contributed by atoms with Gasteiger partial charge < -0.3 is 15.0 Å². The third kappa shape index (κ3) is 12.7. The molecule has 4 heteroatoms. The molecular formula is C17H36N2O2. The molecular weight excluding hydrogens is 264 g/mol. The van der Waals surface area contributed by atoms with E-state index < -0.39 is 5.60 Å². The minimum Gasteiger partial charge on any atom is -0.444 e. The van der Waals surface area contributed by atoms with E-state index in [0.717, 1.165) is 32.6 Å². The summed E-state index contributed by atoms with van der Waals surface area (Å²) in [7, 11) is 0. The van der Waals surface area contributed by atoms with Gasteiger partial charge in [-0.2, -0.15) is 0 Å². The van der Waals surface area contributed by atoms with Gasteiger partial charge >= 0.3 is 6.09 Å². The van der Waals surface area contributed by atoms with Crippen molar-refractivity contribution in [2.75, 3.05) is 26.2 Å². The van der Waals surface area contributed by atoms with Crippen LogP contribution in [-0.2, 0) is 4.74 Å². The van der Waals surface area contributed by atoms with Gasteiger partial charge in [-0.05, 0) is 40.2 Å². The van der Waals surface area contributed by atoms with Crippen LogP contribution in [0.4, 0.5) is 4.79 Å². The first-order valence-corrected chi connectivity index (χ1v) is 8.59.